The van der Waals surface area contributed by atoms with Crippen molar-refractivity contribution in [3.63, 3.8) is 0 Å². The molecule has 2 aromatic heterocycles. The van der Waals surface area contributed by atoms with Gasteiger partial charge in [0.05, 0.1) is 6.04 Å². The molecule has 0 unspecified atom stereocenters. The smallest absolute Gasteiger partial charge is 0.359 e. The average Bonchev–Trinajstić information content (AvgIpc) is 3.11. The molecule has 0 fully saturated rings. The number of hydrogen-bond donors (Lipinski definition) is 1. The zero-order valence-corrected chi connectivity index (χ0v) is 14.6. The maximum Gasteiger partial charge on any atom is 0.359 e. The van der Waals surface area contributed by atoms with Gasteiger partial charge in [0.15, 0.2) is 12.3 Å². The average molecular weight is 351 g/mol. The van der Waals surface area contributed by atoms with Gasteiger partial charge in [-0.15, -0.1) is 0 Å². The quantitative estimate of drug-likeness (QED) is 0.664. The van der Waals surface area contributed by atoms with Crippen LogP contribution in [0.3, 0.4) is 0 Å². The molecule has 1 aromatic carbocycles. The first kappa shape index (κ1) is 17.7. The molecule has 0 aliphatic carbocycles. The highest BCUT2D eigenvalue weighted by Crippen LogP contribution is 2.17. The summed E-state index contributed by atoms with van der Waals surface area (Å²) in [6, 6.07) is 15.1. The van der Waals surface area contributed by atoms with Crippen LogP contribution < -0.4 is 5.32 Å². The van der Waals surface area contributed by atoms with E-state index in [1.54, 1.807) is 22.9 Å². The molecule has 3 aromatic rings. The summed E-state index contributed by atoms with van der Waals surface area (Å²) in [7, 11) is 0. The molecule has 1 amide bonds. The molecule has 3 rings (SSSR count). The molecular formula is C20H21N3O3. The molecule has 0 aliphatic rings. The number of rotatable bonds is 7. The van der Waals surface area contributed by atoms with Crippen molar-refractivity contribution >= 4 is 17.5 Å². The topological polar surface area (TPSA) is 72.7 Å². The number of carbonyl (C=O) groups is 2. The van der Waals surface area contributed by atoms with E-state index < -0.39 is 5.97 Å². The summed E-state index contributed by atoms with van der Waals surface area (Å²) in [5, 5.41) is 2.93. The van der Waals surface area contributed by atoms with Crippen LogP contribution in [0.5, 0.6) is 0 Å². The SMILES string of the molecule is CCC[C@H](NC(=O)COC(=O)c1cn2ccccc2n1)c1ccccc1. The highest BCUT2D eigenvalue weighted by molar-refractivity contribution is 5.90. The van der Waals surface area contributed by atoms with Crippen molar-refractivity contribution in [2.45, 2.75) is 25.8 Å². The van der Waals surface area contributed by atoms with Crippen molar-refractivity contribution < 1.29 is 14.3 Å². The molecule has 0 radical (unpaired) electrons. The van der Waals surface area contributed by atoms with Gasteiger partial charge in [-0.05, 0) is 24.1 Å². The van der Waals surface area contributed by atoms with Gasteiger partial charge in [0.1, 0.15) is 5.65 Å². The molecular weight excluding hydrogens is 330 g/mol. The molecule has 1 atom stereocenters. The molecule has 0 bridgehead atoms. The number of carbonyl (C=O) groups excluding carboxylic acids is 2. The minimum absolute atomic E-state index is 0.0948. The predicted octanol–water partition coefficient (Wildman–Crippen LogP) is 3.15. The van der Waals surface area contributed by atoms with Gasteiger partial charge in [0.25, 0.3) is 5.91 Å². The molecule has 0 saturated heterocycles. The second-order valence-electron chi connectivity index (χ2n) is 5.99. The maximum atomic E-state index is 12.2. The number of pyridine rings is 1. The summed E-state index contributed by atoms with van der Waals surface area (Å²) in [6.45, 7) is 1.73. The highest BCUT2D eigenvalue weighted by Gasteiger charge is 2.17. The van der Waals surface area contributed by atoms with Gasteiger partial charge in [-0.1, -0.05) is 49.7 Å². The molecule has 0 spiro atoms. The van der Waals surface area contributed by atoms with Crippen LogP contribution in [-0.2, 0) is 9.53 Å². The number of fused-ring (bicyclic) bond motifs is 1. The third kappa shape index (κ3) is 4.27. The first-order chi connectivity index (χ1) is 12.7. The number of amides is 1. The number of imidazole rings is 1. The maximum absolute atomic E-state index is 12.2. The predicted molar refractivity (Wildman–Crippen MR) is 97.7 cm³/mol. The third-order valence-electron chi connectivity index (χ3n) is 4.02. The lowest BCUT2D eigenvalue weighted by atomic mass is 10.0. The van der Waals surface area contributed by atoms with E-state index in [0.29, 0.717) is 5.65 Å². The van der Waals surface area contributed by atoms with E-state index in [2.05, 4.69) is 17.2 Å². The van der Waals surface area contributed by atoms with Crippen LogP contribution in [0, 0.1) is 0 Å². The van der Waals surface area contributed by atoms with E-state index in [1.807, 2.05) is 42.5 Å². The summed E-state index contributed by atoms with van der Waals surface area (Å²) in [4.78, 5) is 28.5. The minimum atomic E-state index is -0.615. The zero-order chi connectivity index (χ0) is 18.4. The van der Waals surface area contributed by atoms with Gasteiger partial charge in [0, 0.05) is 12.4 Å². The largest absolute Gasteiger partial charge is 0.451 e. The number of nitrogens with one attached hydrogen (secondary N) is 1. The van der Waals surface area contributed by atoms with Gasteiger partial charge in [-0.2, -0.15) is 0 Å². The number of aromatic nitrogens is 2. The Hall–Kier alpha value is -3.15. The molecule has 2 heterocycles. The van der Waals surface area contributed by atoms with Crippen molar-refractivity contribution in [3.8, 4) is 0 Å². The van der Waals surface area contributed by atoms with E-state index in [1.165, 1.54) is 0 Å². The summed E-state index contributed by atoms with van der Waals surface area (Å²) < 4.78 is 6.83. The monoisotopic (exact) mass is 351 g/mol. The normalized spacial score (nSPS) is 11.9. The van der Waals surface area contributed by atoms with Crippen LogP contribution in [0.1, 0.15) is 41.9 Å². The fourth-order valence-corrected chi connectivity index (χ4v) is 2.77. The van der Waals surface area contributed by atoms with Crippen LogP contribution in [-0.4, -0.2) is 27.9 Å². The van der Waals surface area contributed by atoms with E-state index in [0.717, 1.165) is 18.4 Å². The second-order valence-corrected chi connectivity index (χ2v) is 5.99. The van der Waals surface area contributed by atoms with E-state index in [-0.39, 0.29) is 24.2 Å². The lowest BCUT2D eigenvalue weighted by molar-refractivity contribution is -0.125. The van der Waals surface area contributed by atoms with Crippen molar-refractivity contribution in [2.75, 3.05) is 6.61 Å². The Labute approximate surface area is 151 Å². The Kier molecular flexibility index (Phi) is 5.63. The van der Waals surface area contributed by atoms with Crippen LogP contribution in [0.25, 0.3) is 5.65 Å². The first-order valence-corrected chi connectivity index (χ1v) is 8.62. The summed E-state index contributed by atoms with van der Waals surface area (Å²) in [5.41, 5.74) is 1.86. The number of esters is 1. The van der Waals surface area contributed by atoms with Crippen LogP contribution in [0.2, 0.25) is 0 Å². The van der Waals surface area contributed by atoms with E-state index in [9.17, 15) is 9.59 Å². The Morgan fingerprint density at radius 1 is 1.15 bits per heavy atom. The number of ether oxygens (including phenoxy) is 1. The summed E-state index contributed by atoms with van der Waals surface area (Å²) >= 11 is 0. The molecule has 134 valence electrons. The third-order valence-corrected chi connectivity index (χ3v) is 4.02. The lowest BCUT2D eigenvalue weighted by Crippen LogP contribution is -2.32. The van der Waals surface area contributed by atoms with Crippen LogP contribution in [0.4, 0.5) is 0 Å². The van der Waals surface area contributed by atoms with Crippen molar-refractivity contribution in [1.82, 2.24) is 14.7 Å². The van der Waals surface area contributed by atoms with Gasteiger partial charge in [0.2, 0.25) is 0 Å². The summed E-state index contributed by atoms with van der Waals surface area (Å²) in [5.74, 6) is -0.944. The van der Waals surface area contributed by atoms with Gasteiger partial charge < -0.3 is 14.5 Å². The Morgan fingerprint density at radius 2 is 1.92 bits per heavy atom. The van der Waals surface area contributed by atoms with Gasteiger partial charge in [-0.25, -0.2) is 9.78 Å². The minimum Gasteiger partial charge on any atom is -0.451 e. The van der Waals surface area contributed by atoms with Crippen molar-refractivity contribution in [3.05, 3.63) is 72.2 Å². The molecule has 6 heteroatoms. The highest BCUT2D eigenvalue weighted by atomic mass is 16.5. The fraction of sp³-hybridized carbons (Fsp3) is 0.250. The van der Waals surface area contributed by atoms with Crippen LogP contribution in [0.15, 0.2) is 60.9 Å². The zero-order valence-electron chi connectivity index (χ0n) is 14.6. The lowest BCUT2D eigenvalue weighted by Gasteiger charge is -2.18. The van der Waals surface area contributed by atoms with Crippen molar-refractivity contribution in [2.24, 2.45) is 0 Å². The van der Waals surface area contributed by atoms with E-state index >= 15 is 0 Å². The molecule has 26 heavy (non-hydrogen) atoms. The molecule has 1 N–H and O–H groups in total. The molecule has 0 aliphatic heterocycles. The first-order valence-electron chi connectivity index (χ1n) is 8.62. The number of nitrogens with zero attached hydrogens (tertiary/aromatic N) is 2. The standard InChI is InChI=1S/C20H21N3O3/c1-2-8-16(15-9-4-3-5-10-15)22-19(24)14-26-20(25)17-13-23-12-7-6-11-18(23)21-17/h3-7,9-13,16H,2,8,14H2,1H3,(H,22,24)/t16-/m0/s1. The van der Waals surface area contributed by atoms with Gasteiger partial charge >= 0.3 is 5.97 Å². The second kappa shape index (κ2) is 8.29. The Morgan fingerprint density at radius 3 is 2.65 bits per heavy atom. The number of benzene rings is 1. The summed E-state index contributed by atoms with van der Waals surface area (Å²) in [6.07, 6.45) is 5.12. The Bertz CT molecular complexity index is 856. The van der Waals surface area contributed by atoms with E-state index in [4.69, 9.17) is 4.74 Å². The molecule has 0 saturated carbocycles. The molecule has 6 nitrogen and oxygen atoms in total. The fourth-order valence-electron chi connectivity index (χ4n) is 2.77. The van der Waals surface area contributed by atoms with Crippen molar-refractivity contribution in [1.29, 1.82) is 0 Å². The van der Waals surface area contributed by atoms with Gasteiger partial charge in [-0.3, -0.25) is 4.79 Å². The Balaban J connectivity index is 1.58. The van der Waals surface area contributed by atoms with Crippen LogP contribution >= 0.6 is 0 Å². The number of hydrogen-bond acceptors (Lipinski definition) is 4.